The van der Waals surface area contributed by atoms with Crippen molar-refractivity contribution in [3.8, 4) is 5.69 Å². The molecule has 4 saturated carbocycles. The second-order valence-electron chi connectivity index (χ2n) is 9.23. The lowest BCUT2D eigenvalue weighted by Gasteiger charge is -2.57. The van der Waals surface area contributed by atoms with Gasteiger partial charge in [0.15, 0.2) is 0 Å². The van der Waals surface area contributed by atoms with Crippen molar-refractivity contribution < 1.29 is 4.79 Å². The molecule has 1 heterocycles. The third-order valence-corrected chi connectivity index (χ3v) is 7.14. The van der Waals surface area contributed by atoms with E-state index in [2.05, 4.69) is 10.4 Å². The number of carbonyl (C=O) groups excluding carboxylic acids is 1. The Labute approximate surface area is 165 Å². The summed E-state index contributed by atoms with van der Waals surface area (Å²) in [5, 5.41) is 7.34. The van der Waals surface area contributed by atoms with Crippen molar-refractivity contribution in [2.75, 3.05) is 6.54 Å². The maximum Gasteiger partial charge on any atom is 0.271 e. The summed E-state index contributed by atoms with van der Waals surface area (Å²) in [5.74, 6) is 2.59. The number of hydrogen-bond acceptors (Lipinski definition) is 3. The maximum atomic E-state index is 12.6. The molecule has 0 aliphatic heterocycles. The van der Waals surface area contributed by atoms with Crippen LogP contribution in [0.2, 0.25) is 0 Å². The molecule has 5 nitrogen and oxygen atoms in total. The molecule has 0 saturated heterocycles. The number of nitrogens with one attached hydrogen (secondary N) is 1. The van der Waals surface area contributed by atoms with Crippen molar-refractivity contribution in [2.24, 2.45) is 23.2 Å². The van der Waals surface area contributed by atoms with Crippen LogP contribution >= 0.6 is 0 Å². The van der Waals surface area contributed by atoms with Gasteiger partial charge in [0.25, 0.3) is 11.5 Å². The summed E-state index contributed by atoms with van der Waals surface area (Å²) in [6.45, 7) is 0.692. The lowest BCUT2D eigenvalue weighted by molar-refractivity contribution is -0.0564. The highest BCUT2D eigenvalue weighted by Gasteiger charge is 2.50. The number of rotatable bonds is 5. The summed E-state index contributed by atoms with van der Waals surface area (Å²) < 4.78 is 1.29. The van der Waals surface area contributed by atoms with Crippen LogP contribution in [0.25, 0.3) is 5.69 Å². The van der Waals surface area contributed by atoms with Crippen molar-refractivity contribution in [3.63, 3.8) is 0 Å². The average molecular weight is 377 g/mol. The van der Waals surface area contributed by atoms with Crippen LogP contribution in [0.1, 0.15) is 55.4 Å². The summed E-state index contributed by atoms with van der Waals surface area (Å²) in [6.07, 6.45) is 9.45. The Balaban J connectivity index is 1.25. The van der Waals surface area contributed by atoms with Gasteiger partial charge in [-0.2, -0.15) is 9.78 Å². The summed E-state index contributed by atoms with van der Waals surface area (Å²) >= 11 is 0. The van der Waals surface area contributed by atoms with E-state index < -0.39 is 0 Å². The summed E-state index contributed by atoms with van der Waals surface area (Å²) in [7, 11) is 0. The van der Waals surface area contributed by atoms with Gasteiger partial charge in [-0.15, -0.1) is 0 Å². The molecule has 2 aromatic rings. The molecule has 4 bridgehead atoms. The first-order chi connectivity index (χ1) is 13.6. The fraction of sp³-hybridized carbons (Fsp3) is 0.522. The van der Waals surface area contributed by atoms with Gasteiger partial charge in [0, 0.05) is 12.6 Å². The highest BCUT2D eigenvalue weighted by molar-refractivity contribution is 5.92. The van der Waals surface area contributed by atoms with Gasteiger partial charge >= 0.3 is 0 Å². The van der Waals surface area contributed by atoms with Crippen molar-refractivity contribution >= 4 is 5.91 Å². The molecule has 1 amide bonds. The number of para-hydroxylation sites is 1. The Morgan fingerprint density at radius 2 is 1.64 bits per heavy atom. The number of amides is 1. The number of nitrogens with zero attached hydrogens (tertiary/aromatic N) is 2. The molecule has 1 aromatic heterocycles. The summed E-state index contributed by atoms with van der Waals surface area (Å²) in [6, 6.07) is 12.1. The first kappa shape index (κ1) is 17.7. The Morgan fingerprint density at radius 3 is 2.29 bits per heavy atom. The largest absolute Gasteiger partial charge is 0.351 e. The topological polar surface area (TPSA) is 64.0 Å². The van der Waals surface area contributed by atoms with E-state index in [9.17, 15) is 9.59 Å². The molecular weight excluding hydrogens is 350 g/mol. The molecule has 1 aromatic carbocycles. The molecule has 4 fully saturated rings. The molecule has 0 unspecified atom stereocenters. The Kier molecular flexibility index (Phi) is 4.33. The fourth-order valence-electron chi connectivity index (χ4n) is 6.41. The lowest BCUT2D eigenvalue weighted by atomic mass is 9.49. The van der Waals surface area contributed by atoms with E-state index in [1.54, 1.807) is 0 Å². The zero-order valence-electron chi connectivity index (χ0n) is 16.1. The molecule has 0 atom stereocenters. The second kappa shape index (κ2) is 6.87. The number of hydrogen-bond donors (Lipinski definition) is 1. The van der Waals surface area contributed by atoms with E-state index in [1.807, 2.05) is 30.3 Å². The highest BCUT2D eigenvalue weighted by Crippen LogP contribution is 2.61. The SMILES string of the molecule is O=C(NCCC12CC3CC(CC(C3)C1)C2)c1ccc(=O)n(-c2ccccc2)n1. The van der Waals surface area contributed by atoms with Crippen LogP contribution in [0, 0.1) is 23.2 Å². The lowest BCUT2D eigenvalue weighted by Crippen LogP contribution is -2.47. The van der Waals surface area contributed by atoms with E-state index in [-0.39, 0.29) is 17.2 Å². The molecule has 4 aliphatic carbocycles. The van der Waals surface area contributed by atoms with Crippen LogP contribution in [0.4, 0.5) is 0 Å². The van der Waals surface area contributed by atoms with Gasteiger partial charge in [-0.25, -0.2) is 0 Å². The summed E-state index contributed by atoms with van der Waals surface area (Å²) in [4.78, 5) is 24.8. The van der Waals surface area contributed by atoms with Gasteiger partial charge in [0.2, 0.25) is 0 Å². The molecule has 0 radical (unpaired) electrons. The zero-order chi connectivity index (χ0) is 19.1. The van der Waals surface area contributed by atoms with E-state index in [4.69, 9.17) is 0 Å². The monoisotopic (exact) mass is 377 g/mol. The number of aromatic nitrogens is 2. The Bertz CT molecular complexity index is 899. The first-order valence-corrected chi connectivity index (χ1v) is 10.5. The smallest absolute Gasteiger partial charge is 0.271 e. The van der Waals surface area contributed by atoms with Crippen LogP contribution < -0.4 is 10.9 Å². The van der Waals surface area contributed by atoms with Crippen LogP contribution in [-0.2, 0) is 0 Å². The van der Waals surface area contributed by atoms with Crippen molar-refractivity contribution in [1.82, 2.24) is 15.1 Å². The average Bonchev–Trinajstić information content (AvgIpc) is 2.68. The molecule has 1 N–H and O–H groups in total. The second-order valence-corrected chi connectivity index (χ2v) is 9.23. The predicted octanol–water partition coefficient (Wildman–Crippen LogP) is 3.57. The first-order valence-electron chi connectivity index (χ1n) is 10.5. The van der Waals surface area contributed by atoms with E-state index in [0.29, 0.717) is 17.6 Å². The van der Waals surface area contributed by atoms with Gasteiger partial charge in [-0.1, -0.05) is 18.2 Å². The van der Waals surface area contributed by atoms with Crippen LogP contribution in [0.5, 0.6) is 0 Å². The minimum absolute atomic E-state index is 0.200. The van der Waals surface area contributed by atoms with Crippen molar-refractivity contribution in [3.05, 3.63) is 58.5 Å². The van der Waals surface area contributed by atoms with Crippen molar-refractivity contribution in [1.29, 1.82) is 0 Å². The van der Waals surface area contributed by atoms with Gasteiger partial charge in [0.1, 0.15) is 5.69 Å². The third kappa shape index (κ3) is 3.27. The molecule has 5 heteroatoms. The van der Waals surface area contributed by atoms with Crippen LogP contribution in [0.15, 0.2) is 47.3 Å². The van der Waals surface area contributed by atoms with E-state index in [0.717, 1.165) is 24.2 Å². The normalized spacial score (nSPS) is 30.4. The fourth-order valence-corrected chi connectivity index (χ4v) is 6.41. The zero-order valence-corrected chi connectivity index (χ0v) is 16.1. The minimum Gasteiger partial charge on any atom is -0.351 e. The van der Waals surface area contributed by atoms with E-state index in [1.165, 1.54) is 55.3 Å². The van der Waals surface area contributed by atoms with Gasteiger partial charge in [-0.05, 0) is 86.3 Å². The minimum atomic E-state index is -0.240. The quantitative estimate of drug-likeness (QED) is 0.866. The standard InChI is InChI=1S/C23H27N3O2/c27-21-7-6-20(25-26(21)19-4-2-1-3-5-19)22(28)24-9-8-23-13-16-10-17(14-23)12-18(11-16)15-23/h1-7,16-18H,8-15H2,(H,24,28). The Hall–Kier alpha value is -2.43. The Morgan fingerprint density at radius 1 is 1.00 bits per heavy atom. The molecule has 0 spiro atoms. The highest BCUT2D eigenvalue weighted by atomic mass is 16.2. The molecule has 6 rings (SSSR count). The van der Waals surface area contributed by atoms with Gasteiger partial charge < -0.3 is 5.32 Å². The third-order valence-electron chi connectivity index (χ3n) is 7.14. The molecule has 146 valence electrons. The predicted molar refractivity (Wildman–Crippen MR) is 107 cm³/mol. The van der Waals surface area contributed by atoms with Crippen LogP contribution in [0.3, 0.4) is 0 Å². The van der Waals surface area contributed by atoms with Crippen LogP contribution in [-0.4, -0.2) is 22.2 Å². The van der Waals surface area contributed by atoms with E-state index >= 15 is 0 Å². The van der Waals surface area contributed by atoms with Gasteiger partial charge in [0.05, 0.1) is 5.69 Å². The maximum absolute atomic E-state index is 12.6. The molecular formula is C23H27N3O2. The molecule has 4 aliphatic rings. The van der Waals surface area contributed by atoms with Gasteiger partial charge in [-0.3, -0.25) is 9.59 Å². The molecule has 28 heavy (non-hydrogen) atoms. The summed E-state index contributed by atoms with van der Waals surface area (Å²) in [5.41, 5.74) is 1.17. The van der Waals surface area contributed by atoms with Crippen molar-refractivity contribution in [2.45, 2.75) is 44.9 Å². The number of carbonyl (C=O) groups is 1. The number of benzene rings is 1.